The van der Waals surface area contributed by atoms with Crippen molar-refractivity contribution in [2.75, 3.05) is 19.8 Å². The van der Waals surface area contributed by atoms with Crippen molar-refractivity contribution in [1.82, 2.24) is 4.31 Å². The first-order valence-corrected chi connectivity index (χ1v) is 8.20. The van der Waals surface area contributed by atoms with Gasteiger partial charge in [0.1, 0.15) is 12.4 Å². The summed E-state index contributed by atoms with van der Waals surface area (Å²) < 4.78 is 30.9. The van der Waals surface area contributed by atoms with Gasteiger partial charge in [-0.1, -0.05) is 6.07 Å². The van der Waals surface area contributed by atoms with E-state index in [0.717, 1.165) is 9.18 Å². The van der Waals surface area contributed by atoms with E-state index in [9.17, 15) is 8.42 Å². The Bertz CT molecular complexity index is 680. The molecule has 0 aliphatic heterocycles. The molecule has 0 amide bonds. The molecule has 1 aromatic carbocycles. The lowest BCUT2D eigenvalue weighted by Crippen LogP contribution is -2.22. The number of ether oxygens (including phenoxy) is 1. The maximum absolute atomic E-state index is 12.1. The molecular weight excluding hydrogens is 296 g/mol. The van der Waals surface area contributed by atoms with Crippen LogP contribution >= 0.6 is 11.3 Å². The third-order valence-electron chi connectivity index (χ3n) is 2.71. The Labute approximate surface area is 122 Å². The van der Waals surface area contributed by atoms with Gasteiger partial charge < -0.3 is 10.5 Å². The summed E-state index contributed by atoms with van der Waals surface area (Å²) in [5, 5.41) is 1.95. The van der Waals surface area contributed by atoms with Crippen LogP contribution < -0.4 is 10.5 Å². The number of nitrogen functional groups attached to an aromatic ring is 1. The fourth-order valence-corrected chi connectivity index (χ4v) is 3.09. The van der Waals surface area contributed by atoms with Crippen LogP contribution in [-0.4, -0.2) is 26.8 Å². The van der Waals surface area contributed by atoms with E-state index in [1.807, 2.05) is 17.5 Å². The Morgan fingerprint density at radius 3 is 2.65 bits per heavy atom. The van der Waals surface area contributed by atoms with E-state index in [-0.39, 0.29) is 4.90 Å². The highest BCUT2D eigenvalue weighted by molar-refractivity contribution is 7.89. The summed E-state index contributed by atoms with van der Waals surface area (Å²) >= 11 is 1.57. The van der Waals surface area contributed by atoms with Crippen molar-refractivity contribution < 1.29 is 13.2 Å². The molecule has 0 bridgehead atoms. The Morgan fingerprint density at radius 2 is 2.05 bits per heavy atom. The van der Waals surface area contributed by atoms with Crippen LogP contribution in [0, 0.1) is 0 Å². The van der Waals surface area contributed by atoms with Gasteiger partial charge >= 0.3 is 0 Å². The van der Waals surface area contributed by atoms with Gasteiger partial charge in [0.2, 0.25) is 10.0 Å². The minimum Gasteiger partial charge on any atom is -0.486 e. The van der Waals surface area contributed by atoms with Gasteiger partial charge in [-0.05, 0) is 23.6 Å². The van der Waals surface area contributed by atoms with Crippen LogP contribution in [0.15, 0.2) is 40.6 Å². The van der Waals surface area contributed by atoms with Gasteiger partial charge in [-0.15, -0.1) is 11.3 Å². The van der Waals surface area contributed by atoms with Crippen LogP contribution in [0.2, 0.25) is 0 Å². The number of benzene rings is 1. The molecule has 0 saturated heterocycles. The number of rotatable bonds is 5. The number of nitrogens with two attached hydrogens (primary N) is 1. The molecule has 108 valence electrons. The summed E-state index contributed by atoms with van der Waals surface area (Å²) in [7, 11) is -0.520. The first-order chi connectivity index (χ1) is 9.41. The van der Waals surface area contributed by atoms with Crippen LogP contribution in [0.25, 0.3) is 0 Å². The predicted octanol–water partition coefficient (Wildman–Crippen LogP) is 2.16. The summed E-state index contributed by atoms with van der Waals surface area (Å²) in [5.41, 5.74) is 6.23. The smallest absolute Gasteiger partial charge is 0.242 e. The standard InChI is InChI=1S/C13H16N2O3S2/c1-15(2)20(16,17)11-5-6-12(14)13(8-11)18-9-10-4-3-7-19-10/h3-8H,9,14H2,1-2H3. The summed E-state index contributed by atoms with van der Waals surface area (Å²) in [4.78, 5) is 1.21. The fourth-order valence-electron chi connectivity index (χ4n) is 1.55. The lowest BCUT2D eigenvalue weighted by Gasteiger charge is -2.14. The highest BCUT2D eigenvalue weighted by atomic mass is 32.2. The predicted molar refractivity (Wildman–Crippen MR) is 80.4 cm³/mol. The zero-order valence-corrected chi connectivity index (χ0v) is 12.9. The van der Waals surface area contributed by atoms with Crippen LogP contribution in [0.4, 0.5) is 5.69 Å². The first kappa shape index (κ1) is 14.8. The zero-order chi connectivity index (χ0) is 14.8. The SMILES string of the molecule is CN(C)S(=O)(=O)c1ccc(N)c(OCc2cccs2)c1. The highest BCUT2D eigenvalue weighted by Gasteiger charge is 2.18. The summed E-state index contributed by atoms with van der Waals surface area (Å²) in [6.07, 6.45) is 0. The van der Waals surface area contributed by atoms with Gasteiger partial charge in [0.25, 0.3) is 0 Å². The third kappa shape index (κ3) is 3.12. The van der Waals surface area contributed by atoms with Crippen LogP contribution in [0.3, 0.4) is 0 Å². The Balaban J connectivity index is 2.25. The van der Waals surface area contributed by atoms with Crippen molar-refractivity contribution in [3.63, 3.8) is 0 Å². The molecular formula is C13H16N2O3S2. The number of nitrogens with zero attached hydrogens (tertiary/aromatic N) is 1. The summed E-state index contributed by atoms with van der Waals surface area (Å²) in [6, 6.07) is 8.35. The second-order valence-electron chi connectivity index (χ2n) is 4.36. The van der Waals surface area contributed by atoms with Gasteiger partial charge in [0, 0.05) is 25.0 Å². The number of hydrogen-bond donors (Lipinski definition) is 1. The normalized spacial score (nSPS) is 11.8. The summed E-state index contributed by atoms with van der Waals surface area (Å²) in [6.45, 7) is 0.368. The molecule has 0 saturated carbocycles. The summed E-state index contributed by atoms with van der Waals surface area (Å²) in [5.74, 6) is 0.376. The van der Waals surface area contributed by atoms with Crippen LogP contribution in [0.1, 0.15) is 4.88 Å². The maximum Gasteiger partial charge on any atom is 0.242 e. The largest absolute Gasteiger partial charge is 0.486 e. The number of hydrogen-bond acceptors (Lipinski definition) is 5. The number of anilines is 1. The first-order valence-electron chi connectivity index (χ1n) is 5.88. The van der Waals surface area contributed by atoms with E-state index in [1.54, 1.807) is 17.4 Å². The molecule has 20 heavy (non-hydrogen) atoms. The zero-order valence-electron chi connectivity index (χ0n) is 11.2. The molecule has 1 aromatic heterocycles. The average molecular weight is 312 g/mol. The highest BCUT2D eigenvalue weighted by Crippen LogP contribution is 2.27. The van der Waals surface area contributed by atoms with Gasteiger partial charge in [0.05, 0.1) is 10.6 Å². The molecule has 7 heteroatoms. The Hall–Kier alpha value is -1.57. The number of sulfonamides is 1. The van der Waals surface area contributed by atoms with E-state index in [4.69, 9.17) is 10.5 Å². The molecule has 0 spiro atoms. The second-order valence-corrected chi connectivity index (χ2v) is 7.54. The van der Waals surface area contributed by atoms with E-state index in [1.165, 1.54) is 26.2 Å². The van der Waals surface area contributed by atoms with Crippen molar-refractivity contribution in [3.8, 4) is 5.75 Å². The second kappa shape index (κ2) is 5.82. The van der Waals surface area contributed by atoms with Crippen LogP contribution in [0.5, 0.6) is 5.75 Å². The number of thiophene rings is 1. The van der Waals surface area contributed by atoms with Gasteiger partial charge in [0.15, 0.2) is 0 Å². The van der Waals surface area contributed by atoms with Crippen LogP contribution in [-0.2, 0) is 16.6 Å². The van der Waals surface area contributed by atoms with E-state index in [0.29, 0.717) is 18.0 Å². The molecule has 0 unspecified atom stereocenters. The lowest BCUT2D eigenvalue weighted by atomic mass is 10.3. The fraction of sp³-hybridized carbons (Fsp3) is 0.231. The van der Waals surface area contributed by atoms with Gasteiger partial charge in [-0.2, -0.15) is 0 Å². The molecule has 0 aliphatic carbocycles. The Morgan fingerprint density at radius 1 is 1.30 bits per heavy atom. The van der Waals surface area contributed by atoms with Crippen molar-refractivity contribution in [2.45, 2.75) is 11.5 Å². The van der Waals surface area contributed by atoms with Gasteiger partial charge in [-0.3, -0.25) is 0 Å². The van der Waals surface area contributed by atoms with Crippen molar-refractivity contribution in [2.24, 2.45) is 0 Å². The molecule has 0 atom stereocenters. The van der Waals surface area contributed by atoms with Crippen molar-refractivity contribution in [1.29, 1.82) is 0 Å². The van der Waals surface area contributed by atoms with E-state index < -0.39 is 10.0 Å². The molecule has 0 aliphatic rings. The van der Waals surface area contributed by atoms with E-state index in [2.05, 4.69) is 0 Å². The molecule has 2 aromatic rings. The van der Waals surface area contributed by atoms with E-state index >= 15 is 0 Å². The molecule has 2 rings (SSSR count). The third-order valence-corrected chi connectivity index (χ3v) is 5.37. The average Bonchev–Trinajstić information content (AvgIpc) is 2.90. The monoisotopic (exact) mass is 312 g/mol. The van der Waals surface area contributed by atoms with Crippen molar-refractivity contribution in [3.05, 3.63) is 40.6 Å². The van der Waals surface area contributed by atoms with Gasteiger partial charge in [-0.25, -0.2) is 12.7 Å². The molecule has 0 fully saturated rings. The molecule has 0 radical (unpaired) electrons. The van der Waals surface area contributed by atoms with Crippen molar-refractivity contribution >= 4 is 27.0 Å². The quantitative estimate of drug-likeness (QED) is 0.859. The lowest BCUT2D eigenvalue weighted by molar-refractivity contribution is 0.310. The molecule has 2 N–H and O–H groups in total. The topological polar surface area (TPSA) is 72.6 Å². The minimum atomic E-state index is -3.49. The maximum atomic E-state index is 12.1. The Kier molecular flexibility index (Phi) is 4.32. The molecule has 1 heterocycles. The molecule has 5 nitrogen and oxygen atoms in total. The minimum absolute atomic E-state index is 0.165.